The lowest BCUT2D eigenvalue weighted by atomic mass is 10.1. The van der Waals surface area contributed by atoms with Crippen LogP contribution in [0.4, 0.5) is 0 Å². The van der Waals surface area contributed by atoms with Crippen LogP contribution in [0.15, 0.2) is 29.1 Å². The molecule has 0 unspecified atom stereocenters. The minimum Gasteiger partial charge on any atom is -0.381 e. The fourth-order valence-electron chi connectivity index (χ4n) is 2.99. The molecule has 1 saturated heterocycles. The first kappa shape index (κ1) is 14.8. The second-order valence-corrected chi connectivity index (χ2v) is 5.56. The molecule has 2 aromatic rings. The number of nitrogens with zero attached hydrogens (tertiary/aromatic N) is 2. The molecule has 1 N–H and O–H groups in total. The summed E-state index contributed by atoms with van der Waals surface area (Å²) >= 11 is 0. The summed E-state index contributed by atoms with van der Waals surface area (Å²) in [4.78, 5) is 24.7. The van der Waals surface area contributed by atoms with Gasteiger partial charge in [0.25, 0.3) is 0 Å². The SMILES string of the molecule is CCn1c(=O)n(CC(=O)NC2CCOCC2)c2ccccc21. The minimum absolute atomic E-state index is 0.0592. The number of rotatable bonds is 4. The van der Waals surface area contributed by atoms with Crippen molar-refractivity contribution in [3.8, 4) is 0 Å². The van der Waals surface area contributed by atoms with Crippen LogP contribution in [0.1, 0.15) is 19.8 Å². The summed E-state index contributed by atoms with van der Waals surface area (Å²) in [6.07, 6.45) is 1.66. The van der Waals surface area contributed by atoms with Crippen LogP contribution in [0.5, 0.6) is 0 Å². The number of carbonyl (C=O) groups excluding carboxylic acids is 1. The Hall–Kier alpha value is -2.08. The molecule has 1 aliphatic rings. The molecule has 0 aliphatic carbocycles. The number of ether oxygens (including phenoxy) is 1. The number of imidazole rings is 1. The highest BCUT2D eigenvalue weighted by Crippen LogP contribution is 2.13. The standard InChI is InChI=1S/C16H21N3O3/c1-2-18-13-5-3-4-6-14(13)19(16(18)21)11-15(20)17-12-7-9-22-10-8-12/h3-6,12H,2,7-11H2,1H3,(H,17,20). The molecule has 3 rings (SSSR count). The highest BCUT2D eigenvalue weighted by Gasteiger charge is 2.18. The van der Waals surface area contributed by atoms with Crippen molar-refractivity contribution in [1.82, 2.24) is 14.5 Å². The first-order valence-electron chi connectivity index (χ1n) is 7.76. The van der Waals surface area contributed by atoms with Crippen molar-refractivity contribution >= 4 is 16.9 Å². The van der Waals surface area contributed by atoms with Crippen molar-refractivity contribution in [3.63, 3.8) is 0 Å². The zero-order chi connectivity index (χ0) is 15.5. The zero-order valence-electron chi connectivity index (χ0n) is 12.7. The Balaban J connectivity index is 1.82. The molecular formula is C16H21N3O3. The number of carbonyl (C=O) groups is 1. The number of hydrogen-bond acceptors (Lipinski definition) is 3. The molecule has 1 aromatic heterocycles. The first-order chi connectivity index (χ1) is 10.7. The van der Waals surface area contributed by atoms with E-state index in [2.05, 4.69) is 5.32 Å². The maximum atomic E-state index is 12.5. The third kappa shape index (κ3) is 2.78. The number of benzene rings is 1. The van der Waals surface area contributed by atoms with Gasteiger partial charge in [0, 0.05) is 25.8 Å². The Morgan fingerprint density at radius 1 is 1.23 bits per heavy atom. The summed E-state index contributed by atoms with van der Waals surface area (Å²) < 4.78 is 8.52. The van der Waals surface area contributed by atoms with Crippen molar-refractivity contribution in [2.45, 2.75) is 38.9 Å². The highest BCUT2D eigenvalue weighted by molar-refractivity contribution is 5.81. The fraction of sp³-hybridized carbons (Fsp3) is 0.500. The summed E-state index contributed by atoms with van der Waals surface area (Å²) in [5.74, 6) is -0.118. The zero-order valence-corrected chi connectivity index (χ0v) is 12.7. The van der Waals surface area contributed by atoms with Gasteiger partial charge >= 0.3 is 5.69 Å². The van der Waals surface area contributed by atoms with E-state index in [9.17, 15) is 9.59 Å². The van der Waals surface area contributed by atoms with E-state index in [1.54, 1.807) is 9.13 Å². The minimum atomic E-state index is -0.133. The van der Waals surface area contributed by atoms with Crippen LogP contribution in [0.2, 0.25) is 0 Å². The lowest BCUT2D eigenvalue weighted by Crippen LogP contribution is -2.41. The van der Waals surface area contributed by atoms with E-state index >= 15 is 0 Å². The maximum Gasteiger partial charge on any atom is 0.329 e. The molecule has 6 nitrogen and oxygen atoms in total. The lowest BCUT2D eigenvalue weighted by molar-refractivity contribution is -0.122. The van der Waals surface area contributed by atoms with E-state index in [4.69, 9.17) is 4.74 Å². The summed E-state index contributed by atoms with van der Waals surface area (Å²) in [6, 6.07) is 7.73. The molecule has 0 atom stereocenters. The number of aryl methyl sites for hydroxylation is 1. The van der Waals surface area contributed by atoms with Crippen LogP contribution in [0.3, 0.4) is 0 Å². The van der Waals surface area contributed by atoms with Crippen molar-refractivity contribution < 1.29 is 9.53 Å². The van der Waals surface area contributed by atoms with Crippen LogP contribution < -0.4 is 11.0 Å². The van der Waals surface area contributed by atoms with Gasteiger partial charge in [-0.2, -0.15) is 0 Å². The largest absolute Gasteiger partial charge is 0.381 e. The summed E-state index contributed by atoms with van der Waals surface area (Å²) in [5, 5.41) is 3.00. The van der Waals surface area contributed by atoms with Gasteiger partial charge in [-0.1, -0.05) is 12.1 Å². The third-order valence-corrected chi connectivity index (χ3v) is 4.13. The van der Waals surface area contributed by atoms with Crippen molar-refractivity contribution in [2.24, 2.45) is 0 Å². The molecule has 0 saturated carbocycles. The molecule has 0 spiro atoms. The lowest BCUT2D eigenvalue weighted by Gasteiger charge is -2.23. The molecule has 22 heavy (non-hydrogen) atoms. The monoisotopic (exact) mass is 303 g/mol. The second-order valence-electron chi connectivity index (χ2n) is 5.56. The molecular weight excluding hydrogens is 282 g/mol. The molecule has 0 radical (unpaired) electrons. The fourth-order valence-corrected chi connectivity index (χ4v) is 2.99. The first-order valence-corrected chi connectivity index (χ1v) is 7.76. The quantitative estimate of drug-likeness (QED) is 0.920. The molecule has 1 aliphatic heterocycles. The van der Waals surface area contributed by atoms with Gasteiger partial charge in [-0.3, -0.25) is 13.9 Å². The number of fused-ring (bicyclic) bond motifs is 1. The summed E-state index contributed by atoms with van der Waals surface area (Å²) in [5.41, 5.74) is 1.54. The maximum absolute atomic E-state index is 12.5. The average Bonchev–Trinajstić information content (AvgIpc) is 2.80. The van der Waals surface area contributed by atoms with Crippen LogP contribution in [0.25, 0.3) is 11.0 Å². The predicted molar refractivity (Wildman–Crippen MR) is 83.9 cm³/mol. The second kappa shape index (κ2) is 6.36. The number of nitrogens with one attached hydrogen (secondary N) is 1. The Kier molecular flexibility index (Phi) is 4.29. The average molecular weight is 303 g/mol. The van der Waals surface area contributed by atoms with Gasteiger partial charge in [0.1, 0.15) is 6.54 Å². The van der Waals surface area contributed by atoms with Crippen molar-refractivity contribution in [1.29, 1.82) is 0 Å². The van der Waals surface area contributed by atoms with E-state index in [0.29, 0.717) is 19.8 Å². The number of hydrogen-bond donors (Lipinski definition) is 1. The van der Waals surface area contributed by atoms with Crippen molar-refractivity contribution in [3.05, 3.63) is 34.7 Å². The Bertz CT molecular complexity index is 726. The highest BCUT2D eigenvalue weighted by atomic mass is 16.5. The molecule has 0 bridgehead atoms. The third-order valence-electron chi connectivity index (χ3n) is 4.13. The normalized spacial score (nSPS) is 16.0. The molecule has 6 heteroatoms. The van der Waals surface area contributed by atoms with E-state index in [-0.39, 0.29) is 24.2 Å². The molecule has 1 amide bonds. The van der Waals surface area contributed by atoms with Gasteiger partial charge in [0.05, 0.1) is 11.0 Å². The number of aromatic nitrogens is 2. The van der Waals surface area contributed by atoms with Crippen LogP contribution in [-0.4, -0.2) is 34.3 Å². The van der Waals surface area contributed by atoms with Gasteiger partial charge in [0.2, 0.25) is 5.91 Å². The topological polar surface area (TPSA) is 65.3 Å². The number of amides is 1. The Morgan fingerprint density at radius 3 is 2.50 bits per heavy atom. The molecule has 118 valence electrons. The Morgan fingerprint density at radius 2 is 1.86 bits per heavy atom. The van der Waals surface area contributed by atoms with Gasteiger partial charge in [-0.25, -0.2) is 4.79 Å². The van der Waals surface area contributed by atoms with E-state index in [1.165, 1.54) is 0 Å². The van der Waals surface area contributed by atoms with Crippen LogP contribution in [-0.2, 0) is 22.6 Å². The van der Waals surface area contributed by atoms with E-state index < -0.39 is 0 Å². The van der Waals surface area contributed by atoms with Crippen LogP contribution in [0, 0.1) is 0 Å². The van der Waals surface area contributed by atoms with Crippen molar-refractivity contribution in [2.75, 3.05) is 13.2 Å². The van der Waals surface area contributed by atoms with E-state index in [1.807, 2.05) is 31.2 Å². The van der Waals surface area contributed by atoms with Crippen LogP contribution >= 0.6 is 0 Å². The van der Waals surface area contributed by atoms with Gasteiger partial charge < -0.3 is 10.1 Å². The molecule has 1 fully saturated rings. The predicted octanol–water partition coefficient (Wildman–Crippen LogP) is 1.12. The number of para-hydroxylation sites is 2. The van der Waals surface area contributed by atoms with Gasteiger partial charge in [-0.05, 0) is 31.9 Å². The van der Waals surface area contributed by atoms with Gasteiger partial charge in [0.15, 0.2) is 0 Å². The van der Waals surface area contributed by atoms with Gasteiger partial charge in [-0.15, -0.1) is 0 Å². The summed E-state index contributed by atoms with van der Waals surface area (Å²) in [6.45, 7) is 3.94. The Labute approximate surface area is 128 Å². The van der Waals surface area contributed by atoms with E-state index in [0.717, 1.165) is 23.9 Å². The molecule has 1 aromatic carbocycles. The summed E-state index contributed by atoms with van der Waals surface area (Å²) in [7, 11) is 0. The smallest absolute Gasteiger partial charge is 0.329 e. The molecule has 2 heterocycles.